The average Bonchev–Trinajstić information content (AvgIpc) is 3.82. The summed E-state index contributed by atoms with van der Waals surface area (Å²) < 4.78 is 40.2. The summed E-state index contributed by atoms with van der Waals surface area (Å²) in [5.74, 6) is 3.03. The molecule has 0 aromatic heterocycles. The first-order chi connectivity index (χ1) is 27.3. The number of benzene rings is 3. The number of hydrogen-bond donors (Lipinski definition) is 0. The van der Waals surface area contributed by atoms with Crippen molar-refractivity contribution in [3.8, 4) is 11.5 Å². The van der Waals surface area contributed by atoms with Crippen molar-refractivity contribution in [2.24, 2.45) is 0 Å². The summed E-state index contributed by atoms with van der Waals surface area (Å²) in [7, 11) is 0. The Morgan fingerprint density at radius 2 is 0.821 bits per heavy atom. The number of hydrogen-bond acceptors (Lipinski definition) is 18. The van der Waals surface area contributed by atoms with E-state index in [-0.39, 0.29) is 39.6 Å². The van der Waals surface area contributed by atoms with Crippen LogP contribution >= 0.6 is 94.1 Å². The van der Waals surface area contributed by atoms with Gasteiger partial charge in [-0.1, -0.05) is 47.0 Å². The Morgan fingerprint density at radius 1 is 0.464 bits per heavy atom. The van der Waals surface area contributed by atoms with Gasteiger partial charge in [-0.15, -0.1) is 47.0 Å². The zero-order chi connectivity index (χ0) is 39.0. The van der Waals surface area contributed by atoms with Crippen LogP contribution in [0.15, 0.2) is 53.3 Å². The smallest absolute Gasteiger partial charge is 0.317 e. The summed E-state index contributed by atoms with van der Waals surface area (Å²) in [6, 6.07) is 12.3. The van der Waals surface area contributed by atoms with Crippen molar-refractivity contribution in [1.29, 1.82) is 0 Å². The molecule has 7 rings (SSSR count). The molecule has 0 aliphatic carbocycles. The van der Waals surface area contributed by atoms with E-state index < -0.39 is 36.7 Å². The van der Waals surface area contributed by atoms with Crippen molar-refractivity contribution in [2.45, 2.75) is 26.7 Å². The lowest BCUT2D eigenvalue weighted by molar-refractivity contribution is -0.156. The molecule has 296 valence electrons. The van der Waals surface area contributed by atoms with Crippen LogP contribution in [0.2, 0.25) is 0 Å². The summed E-state index contributed by atoms with van der Waals surface area (Å²) in [5, 5.41) is 6.49. The summed E-state index contributed by atoms with van der Waals surface area (Å²) in [6.45, 7) is 3.98. The van der Waals surface area contributed by atoms with Gasteiger partial charge < -0.3 is 28.4 Å². The maximum atomic E-state index is 12.1. The SMILES string of the molecule is CCOC(=O)CC(=O)OCCOc1ccc2c(=C3SC4=C(SCCS4)S3)c3cc(OCCOC(=O)CC(=O)OCC)ccc3c(=C3SC4=C(SCCS4)S3)c2c1. The molecule has 4 heterocycles. The highest BCUT2D eigenvalue weighted by Gasteiger charge is 2.29. The van der Waals surface area contributed by atoms with E-state index >= 15 is 0 Å². The second kappa shape index (κ2) is 20.1. The van der Waals surface area contributed by atoms with E-state index in [2.05, 4.69) is 24.3 Å². The summed E-state index contributed by atoms with van der Waals surface area (Å²) >= 11 is 14.9. The van der Waals surface area contributed by atoms with Crippen molar-refractivity contribution < 1.29 is 47.6 Å². The van der Waals surface area contributed by atoms with Gasteiger partial charge in [0.05, 0.1) is 38.6 Å². The molecule has 56 heavy (non-hydrogen) atoms. The van der Waals surface area contributed by atoms with Gasteiger partial charge >= 0.3 is 23.9 Å². The van der Waals surface area contributed by atoms with Crippen molar-refractivity contribution >= 4 is 148 Å². The first kappa shape index (κ1) is 41.8. The second-order valence-corrected chi connectivity index (χ2v) is 21.8. The number of carbonyl (C=O) groups is 4. The average molecular weight is 909 g/mol. The van der Waals surface area contributed by atoms with Crippen molar-refractivity contribution in [3.05, 3.63) is 63.8 Å². The first-order valence-corrected chi connectivity index (χ1v) is 24.9. The number of fused-ring (bicyclic) bond motifs is 2. The molecule has 0 bridgehead atoms. The fourth-order valence-electron chi connectivity index (χ4n) is 5.84. The molecule has 4 aliphatic rings. The molecule has 4 aliphatic heterocycles. The Kier molecular flexibility index (Phi) is 15.0. The van der Waals surface area contributed by atoms with Crippen LogP contribution in [0.5, 0.6) is 11.5 Å². The molecule has 3 aromatic carbocycles. The Labute approximate surface area is 357 Å². The van der Waals surface area contributed by atoms with Crippen LogP contribution in [-0.4, -0.2) is 86.5 Å². The minimum atomic E-state index is -0.655. The Bertz CT molecular complexity index is 2060. The zero-order valence-electron chi connectivity index (χ0n) is 30.3. The zero-order valence-corrected chi connectivity index (χ0v) is 36.8. The maximum absolute atomic E-state index is 12.1. The van der Waals surface area contributed by atoms with E-state index in [9.17, 15) is 19.2 Å². The molecular weight excluding hydrogens is 873 g/mol. The lowest BCUT2D eigenvalue weighted by atomic mass is 9.98. The normalized spacial score (nSPS) is 16.5. The van der Waals surface area contributed by atoms with Crippen LogP contribution in [0, 0.1) is 0 Å². The summed E-state index contributed by atoms with van der Waals surface area (Å²) in [4.78, 5) is 47.6. The van der Waals surface area contributed by atoms with Crippen molar-refractivity contribution in [2.75, 3.05) is 62.7 Å². The summed E-state index contributed by atoms with van der Waals surface area (Å²) in [6.07, 6.45) is -0.875. The van der Waals surface area contributed by atoms with E-state index in [1.54, 1.807) is 13.8 Å². The molecule has 0 fully saturated rings. The van der Waals surface area contributed by atoms with Crippen LogP contribution < -0.4 is 19.9 Å². The molecule has 10 nitrogen and oxygen atoms in total. The van der Waals surface area contributed by atoms with Gasteiger partial charge in [0.25, 0.3) is 0 Å². The van der Waals surface area contributed by atoms with E-state index in [4.69, 9.17) is 28.4 Å². The van der Waals surface area contributed by atoms with Crippen LogP contribution in [0.25, 0.3) is 30.0 Å². The van der Waals surface area contributed by atoms with Gasteiger partial charge in [-0.25, -0.2) is 0 Å². The van der Waals surface area contributed by atoms with Gasteiger partial charge in [0.2, 0.25) is 0 Å². The number of carbonyl (C=O) groups excluding carboxylic acids is 4. The van der Waals surface area contributed by atoms with Crippen molar-refractivity contribution in [1.82, 2.24) is 0 Å². The van der Waals surface area contributed by atoms with Crippen LogP contribution in [0.1, 0.15) is 26.7 Å². The van der Waals surface area contributed by atoms with Crippen LogP contribution in [0.3, 0.4) is 0 Å². The molecule has 0 unspecified atom stereocenters. The molecule has 0 amide bonds. The van der Waals surface area contributed by atoms with E-state index in [1.807, 2.05) is 106 Å². The lowest BCUT2D eigenvalue weighted by Gasteiger charge is -2.15. The monoisotopic (exact) mass is 908 g/mol. The number of thioether (sulfide) groups is 8. The highest BCUT2D eigenvalue weighted by atomic mass is 32.3. The predicted molar refractivity (Wildman–Crippen MR) is 237 cm³/mol. The Morgan fingerprint density at radius 3 is 1.18 bits per heavy atom. The maximum Gasteiger partial charge on any atom is 0.317 e. The fraction of sp³-hybridized carbons (Fsp3) is 0.368. The molecule has 3 aromatic rings. The standard InChI is InChI=1S/C38H36O10S8/c1-3-43-27(39)19-29(41)47-11-9-45-21-5-7-23-25(17-21)31(33-53-35-36(54-33)50-14-13-49-35)24-8-6-22(46-10-12-48-30(42)20-28(40)44-4-2)18-26(24)32(23)34-55-37-38(56-34)52-16-15-51-37/h5-8,17-18H,3-4,9-16,19-20H2,1-2H3. The Hall–Kier alpha value is -2.32. The van der Waals surface area contributed by atoms with Crippen molar-refractivity contribution in [3.63, 3.8) is 0 Å². The Balaban J connectivity index is 1.25. The lowest BCUT2D eigenvalue weighted by Crippen LogP contribution is -2.18. The third kappa shape index (κ3) is 10.3. The van der Waals surface area contributed by atoms with Gasteiger partial charge in [-0.2, -0.15) is 0 Å². The van der Waals surface area contributed by atoms with E-state index in [0.29, 0.717) is 11.5 Å². The molecule has 0 saturated carbocycles. The number of ether oxygens (including phenoxy) is 6. The van der Waals surface area contributed by atoms with Crippen LogP contribution in [0.4, 0.5) is 0 Å². The minimum Gasteiger partial charge on any atom is -0.490 e. The molecule has 0 spiro atoms. The van der Waals surface area contributed by atoms with Gasteiger partial charge in [0.1, 0.15) is 50.8 Å². The third-order valence-electron chi connectivity index (χ3n) is 8.06. The minimum absolute atomic E-state index is 0.00853. The van der Waals surface area contributed by atoms with Gasteiger partial charge in [-0.05, 0) is 71.8 Å². The van der Waals surface area contributed by atoms with Gasteiger partial charge in [0, 0.05) is 33.4 Å². The molecule has 0 N–H and O–H groups in total. The molecule has 18 heteroatoms. The van der Waals surface area contributed by atoms with E-state index in [1.165, 1.54) is 25.4 Å². The molecular formula is C38H36O10S8. The summed E-state index contributed by atoms with van der Waals surface area (Å²) in [5.41, 5.74) is 0. The van der Waals surface area contributed by atoms with Gasteiger partial charge in [-0.3, -0.25) is 19.2 Å². The predicted octanol–water partition coefficient (Wildman–Crippen LogP) is 8.05. The topological polar surface area (TPSA) is 124 Å². The molecule has 0 saturated heterocycles. The van der Waals surface area contributed by atoms with Crippen LogP contribution in [-0.2, 0) is 38.1 Å². The second-order valence-electron chi connectivity index (χ2n) is 11.8. The first-order valence-electron chi connectivity index (χ1n) is 17.7. The highest BCUT2D eigenvalue weighted by Crippen LogP contribution is 2.61. The molecule has 0 atom stereocenters. The van der Waals surface area contributed by atoms with Gasteiger partial charge in [0.15, 0.2) is 0 Å². The molecule has 0 radical (unpaired) electrons. The third-order valence-corrected chi connectivity index (χ3v) is 19.6. The number of rotatable bonds is 14. The highest BCUT2D eigenvalue weighted by molar-refractivity contribution is 8.47. The largest absolute Gasteiger partial charge is 0.490 e. The number of esters is 4. The van der Waals surface area contributed by atoms with E-state index in [0.717, 1.165) is 55.0 Å². The quantitative estimate of drug-likeness (QED) is 0.0509. The fourth-order valence-corrected chi connectivity index (χ4v) is 18.0.